The maximum Gasteiger partial charge on any atom is 0.307 e. The monoisotopic (exact) mass is 291 g/mol. The number of nitrogens with zero attached hydrogens (tertiary/aromatic N) is 2. The molecule has 1 aromatic carbocycles. The molecule has 0 spiro atoms. The van der Waals surface area contributed by atoms with Gasteiger partial charge in [-0.05, 0) is 24.3 Å². The lowest BCUT2D eigenvalue weighted by molar-refractivity contribution is 0.0927. The lowest BCUT2D eigenvalue weighted by Crippen LogP contribution is -2.20. The van der Waals surface area contributed by atoms with Crippen LogP contribution in [0.25, 0.3) is 0 Å². The minimum atomic E-state index is -0.396. The van der Waals surface area contributed by atoms with Gasteiger partial charge in [0.25, 0.3) is 0 Å². The Morgan fingerprint density at radius 3 is 2.36 bits per heavy atom. The molecule has 0 saturated carbocycles. The van der Waals surface area contributed by atoms with Crippen LogP contribution in [-0.4, -0.2) is 16.6 Å². The molecular formula is C17H13N3O2. The number of hydrogen-bond donors (Lipinski definition) is 1. The van der Waals surface area contributed by atoms with Crippen LogP contribution in [0, 0.1) is 0 Å². The predicted molar refractivity (Wildman–Crippen MR) is 82.5 cm³/mol. The maximum atomic E-state index is 11.9. The zero-order valence-corrected chi connectivity index (χ0v) is 11.6. The fourth-order valence-electron chi connectivity index (χ4n) is 1.97. The summed E-state index contributed by atoms with van der Waals surface area (Å²) in [6, 6.07) is 16.5. The molecule has 0 aliphatic heterocycles. The summed E-state index contributed by atoms with van der Waals surface area (Å²) in [6.45, 7) is 0. The van der Waals surface area contributed by atoms with Crippen molar-refractivity contribution in [3.8, 4) is 0 Å². The predicted octanol–water partition coefficient (Wildman–Crippen LogP) is 2.86. The van der Waals surface area contributed by atoms with E-state index in [-0.39, 0.29) is 5.76 Å². The second-order valence-corrected chi connectivity index (χ2v) is 4.48. The van der Waals surface area contributed by atoms with Gasteiger partial charge in [0.2, 0.25) is 0 Å². The molecule has 0 radical (unpaired) electrons. The van der Waals surface area contributed by atoms with E-state index in [9.17, 15) is 4.79 Å². The topological polar surface area (TPSA) is 67.5 Å². The molecular weight excluding hydrogens is 278 g/mol. The molecule has 0 saturated heterocycles. The van der Waals surface area contributed by atoms with Gasteiger partial charge >= 0.3 is 5.91 Å². The van der Waals surface area contributed by atoms with E-state index in [1.54, 1.807) is 24.5 Å². The number of carbonyl (C=O) groups excluding carboxylic acids is 1. The SMILES string of the molecule is O=C(N/N=C(/c1ccccc1)c1ccncc1)c1ccco1. The van der Waals surface area contributed by atoms with E-state index in [1.165, 1.54) is 6.26 Å². The number of furan rings is 1. The van der Waals surface area contributed by atoms with Crippen molar-refractivity contribution >= 4 is 11.6 Å². The van der Waals surface area contributed by atoms with Gasteiger partial charge in [0.05, 0.1) is 12.0 Å². The zero-order chi connectivity index (χ0) is 15.2. The number of aromatic nitrogens is 1. The van der Waals surface area contributed by atoms with Gasteiger partial charge in [-0.3, -0.25) is 9.78 Å². The first-order chi connectivity index (χ1) is 10.8. The summed E-state index contributed by atoms with van der Waals surface area (Å²) in [6.07, 6.45) is 4.81. The number of pyridine rings is 1. The molecule has 1 amide bonds. The third-order valence-corrected chi connectivity index (χ3v) is 3.02. The molecule has 22 heavy (non-hydrogen) atoms. The van der Waals surface area contributed by atoms with Crippen LogP contribution in [-0.2, 0) is 0 Å². The van der Waals surface area contributed by atoms with Gasteiger partial charge in [-0.25, -0.2) is 5.43 Å². The van der Waals surface area contributed by atoms with Crippen molar-refractivity contribution in [3.63, 3.8) is 0 Å². The Morgan fingerprint density at radius 2 is 1.68 bits per heavy atom. The molecule has 0 fully saturated rings. The standard InChI is InChI=1S/C17H13N3O2/c21-17(15-7-4-12-22-15)20-19-16(13-5-2-1-3-6-13)14-8-10-18-11-9-14/h1-12H,(H,20,21)/b19-16-. The maximum absolute atomic E-state index is 11.9. The fourth-order valence-corrected chi connectivity index (χ4v) is 1.97. The molecule has 0 unspecified atom stereocenters. The summed E-state index contributed by atoms with van der Waals surface area (Å²) in [4.78, 5) is 15.9. The summed E-state index contributed by atoms with van der Waals surface area (Å²) in [5.41, 5.74) is 4.93. The van der Waals surface area contributed by atoms with Crippen LogP contribution >= 0.6 is 0 Å². The molecule has 2 heterocycles. The number of hydrogen-bond acceptors (Lipinski definition) is 4. The molecule has 2 aromatic heterocycles. The first-order valence-corrected chi connectivity index (χ1v) is 6.72. The highest BCUT2D eigenvalue weighted by Crippen LogP contribution is 2.10. The van der Waals surface area contributed by atoms with E-state index < -0.39 is 5.91 Å². The van der Waals surface area contributed by atoms with E-state index in [0.717, 1.165) is 11.1 Å². The van der Waals surface area contributed by atoms with Crippen molar-refractivity contribution in [2.75, 3.05) is 0 Å². The van der Waals surface area contributed by atoms with Gasteiger partial charge in [0.1, 0.15) is 0 Å². The van der Waals surface area contributed by atoms with Crippen LogP contribution in [0.15, 0.2) is 82.8 Å². The summed E-state index contributed by atoms with van der Waals surface area (Å²) in [5, 5.41) is 4.25. The molecule has 0 atom stereocenters. The Hall–Kier alpha value is -3.21. The Labute approximate surface area is 127 Å². The van der Waals surface area contributed by atoms with Crippen molar-refractivity contribution in [3.05, 3.63) is 90.1 Å². The normalized spacial score (nSPS) is 11.2. The van der Waals surface area contributed by atoms with E-state index in [0.29, 0.717) is 5.71 Å². The quantitative estimate of drug-likeness (QED) is 0.593. The molecule has 0 aliphatic carbocycles. The number of rotatable bonds is 4. The average Bonchev–Trinajstić information content (AvgIpc) is 3.11. The number of nitrogens with one attached hydrogen (secondary N) is 1. The van der Waals surface area contributed by atoms with Crippen LogP contribution in [0.2, 0.25) is 0 Å². The second kappa shape index (κ2) is 6.49. The smallest absolute Gasteiger partial charge is 0.307 e. The fraction of sp³-hybridized carbons (Fsp3) is 0. The lowest BCUT2D eigenvalue weighted by Gasteiger charge is -2.07. The van der Waals surface area contributed by atoms with Gasteiger partial charge in [-0.2, -0.15) is 5.10 Å². The lowest BCUT2D eigenvalue weighted by atomic mass is 10.0. The minimum absolute atomic E-state index is 0.214. The molecule has 0 bridgehead atoms. The van der Waals surface area contributed by atoms with E-state index in [1.807, 2.05) is 42.5 Å². The first kappa shape index (κ1) is 13.8. The molecule has 3 rings (SSSR count). The minimum Gasteiger partial charge on any atom is -0.459 e. The van der Waals surface area contributed by atoms with E-state index in [4.69, 9.17) is 4.42 Å². The molecule has 0 aliphatic rings. The Bertz CT molecular complexity index is 725. The van der Waals surface area contributed by atoms with Crippen molar-refractivity contribution < 1.29 is 9.21 Å². The van der Waals surface area contributed by atoms with Crippen LogP contribution in [0.1, 0.15) is 21.7 Å². The van der Waals surface area contributed by atoms with Gasteiger partial charge < -0.3 is 4.42 Å². The third kappa shape index (κ3) is 3.09. The first-order valence-electron chi connectivity index (χ1n) is 6.72. The highest BCUT2D eigenvalue weighted by molar-refractivity contribution is 6.13. The number of amides is 1. The third-order valence-electron chi connectivity index (χ3n) is 3.02. The van der Waals surface area contributed by atoms with Gasteiger partial charge in [0, 0.05) is 23.5 Å². The van der Waals surface area contributed by atoms with Crippen LogP contribution in [0.5, 0.6) is 0 Å². The Kier molecular flexibility index (Phi) is 4.06. The highest BCUT2D eigenvalue weighted by Gasteiger charge is 2.10. The van der Waals surface area contributed by atoms with E-state index >= 15 is 0 Å². The molecule has 5 nitrogen and oxygen atoms in total. The summed E-state index contributed by atoms with van der Waals surface area (Å²) in [5.74, 6) is -0.182. The van der Waals surface area contributed by atoms with E-state index in [2.05, 4.69) is 15.5 Å². The molecule has 108 valence electrons. The zero-order valence-electron chi connectivity index (χ0n) is 11.6. The number of benzene rings is 1. The van der Waals surface area contributed by atoms with Crippen LogP contribution < -0.4 is 5.43 Å². The van der Waals surface area contributed by atoms with Gasteiger partial charge in [0.15, 0.2) is 5.76 Å². The van der Waals surface area contributed by atoms with Crippen molar-refractivity contribution in [2.24, 2.45) is 5.10 Å². The van der Waals surface area contributed by atoms with Crippen molar-refractivity contribution in [1.29, 1.82) is 0 Å². The van der Waals surface area contributed by atoms with Crippen molar-refractivity contribution in [1.82, 2.24) is 10.4 Å². The largest absolute Gasteiger partial charge is 0.459 e. The molecule has 5 heteroatoms. The average molecular weight is 291 g/mol. The Morgan fingerprint density at radius 1 is 0.955 bits per heavy atom. The number of hydrazone groups is 1. The van der Waals surface area contributed by atoms with Gasteiger partial charge in [-0.15, -0.1) is 0 Å². The summed E-state index contributed by atoms with van der Waals surface area (Å²) in [7, 11) is 0. The summed E-state index contributed by atoms with van der Waals surface area (Å²) >= 11 is 0. The van der Waals surface area contributed by atoms with Crippen molar-refractivity contribution in [2.45, 2.75) is 0 Å². The molecule has 3 aromatic rings. The van der Waals surface area contributed by atoms with Crippen LogP contribution in [0.4, 0.5) is 0 Å². The second-order valence-electron chi connectivity index (χ2n) is 4.48. The van der Waals surface area contributed by atoms with Crippen LogP contribution in [0.3, 0.4) is 0 Å². The Balaban J connectivity index is 1.92. The molecule has 1 N–H and O–H groups in total. The highest BCUT2D eigenvalue weighted by atomic mass is 16.3. The summed E-state index contributed by atoms with van der Waals surface area (Å²) < 4.78 is 5.05. The van der Waals surface area contributed by atoms with Gasteiger partial charge in [-0.1, -0.05) is 30.3 Å². The number of carbonyl (C=O) groups is 1.